The van der Waals surface area contributed by atoms with E-state index in [1.807, 2.05) is 38.4 Å². The van der Waals surface area contributed by atoms with Gasteiger partial charge in [0.15, 0.2) is 0 Å². The van der Waals surface area contributed by atoms with Crippen molar-refractivity contribution in [3.63, 3.8) is 0 Å². The minimum Gasteiger partial charge on any atom is -0.373 e. The van der Waals surface area contributed by atoms with E-state index in [-0.39, 0.29) is 0 Å². The zero-order valence-corrected chi connectivity index (χ0v) is 6.28. The maximum atomic E-state index is 9.41. The van der Waals surface area contributed by atoms with Gasteiger partial charge in [-0.25, -0.2) is 0 Å². The Hall–Kier alpha value is -0.760. The Morgan fingerprint density at radius 3 is 2.20 bits per heavy atom. The zero-order chi connectivity index (χ0) is 7.56. The summed E-state index contributed by atoms with van der Waals surface area (Å²) < 4.78 is 1.76. The third-order valence-corrected chi connectivity index (χ3v) is 1.43. The van der Waals surface area contributed by atoms with E-state index in [0.29, 0.717) is 0 Å². The van der Waals surface area contributed by atoms with Crippen LogP contribution in [0.15, 0.2) is 24.5 Å². The van der Waals surface area contributed by atoms with E-state index in [0.717, 1.165) is 5.92 Å². The van der Waals surface area contributed by atoms with Crippen molar-refractivity contribution in [3.05, 3.63) is 30.4 Å². The number of aliphatic hydroxyl groups excluding tert-OH is 1. The molecule has 0 aliphatic heterocycles. The van der Waals surface area contributed by atoms with E-state index in [4.69, 9.17) is 0 Å². The van der Waals surface area contributed by atoms with Crippen molar-refractivity contribution in [2.45, 2.75) is 20.1 Å². The third-order valence-electron chi connectivity index (χ3n) is 1.43. The van der Waals surface area contributed by atoms with Gasteiger partial charge >= 0.3 is 0 Å². The molecule has 0 aromatic carbocycles. The van der Waals surface area contributed by atoms with Crippen LogP contribution in [-0.4, -0.2) is 9.67 Å². The minimum atomic E-state index is -0.463. The topological polar surface area (TPSA) is 25.2 Å². The summed E-state index contributed by atoms with van der Waals surface area (Å²) in [4.78, 5) is 0. The summed E-state index contributed by atoms with van der Waals surface area (Å²) in [5.74, 6) is 0.996. The van der Waals surface area contributed by atoms with Crippen LogP contribution in [0.4, 0.5) is 0 Å². The van der Waals surface area contributed by atoms with Crippen molar-refractivity contribution in [1.29, 1.82) is 0 Å². The molecule has 0 spiro atoms. The second-order valence-corrected chi connectivity index (χ2v) is 2.58. The lowest BCUT2D eigenvalue weighted by Gasteiger charge is -2.14. The Kier molecular flexibility index (Phi) is 2.12. The smallest absolute Gasteiger partial charge is 0.136 e. The van der Waals surface area contributed by atoms with Gasteiger partial charge in [0, 0.05) is 18.3 Å². The number of nitrogens with zero attached hydrogens (tertiary/aromatic N) is 1. The molecule has 1 heterocycles. The number of aromatic nitrogens is 1. The van der Waals surface area contributed by atoms with Gasteiger partial charge in [-0.05, 0) is 12.1 Å². The number of hydrogen-bond donors (Lipinski definition) is 1. The van der Waals surface area contributed by atoms with E-state index < -0.39 is 6.23 Å². The van der Waals surface area contributed by atoms with Crippen molar-refractivity contribution in [1.82, 2.24) is 4.57 Å². The Balaban J connectivity index is 2.68. The lowest BCUT2D eigenvalue weighted by Crippen LogP contribution is -2.10. The third kappa shape index (κ3) is 1.39. The molecule has 1 atom stereocenters. The second-order valence-electron chi connectivity index (χ2n) is 2.58. The van der Waals surface area contributed by atoms with E-state index in [1.54, 1.807) is 4.57 Å². The van der Waals surface area contributed by atoms with Crippen LogP contribution in [0.2, 0.25) is 0 Å². The standard InChI is InChI=1S/C8H12NO/c1-7(2)8(10)9-5-3-4-6-9/h3-6,8,10H,1-2H3. The summed E-state index contributed by atoms with van der Waals surface area (Å²) in [5.41, 5.74) is 0. The molecular formula is C8H12NO. The van der Waals surface area contributed by atoms with Crippen LogP contribution in [0.1, 0.15) is 20.1 Å². The molecule has 0 fully saturated rings. The summed E-state index contributed by atoms with van der Waals surface area (Å²) in [5, 5.41) is 9.41. The fraction of sp³-hybridized carbons (Fsp3) is 0.375. The SMILES string of the molecule is C[C](C)C(O)n1cccc1. The van der Waals surface area contributed by atoms with E-state index >= 15 is 0 Å². The van der Waals surface area contributed by atoms with Gasteiger partial charge in [-0.1, -0.05) is 13.8 Å². The molecule has 2 nitrogen and oxygen atoms in total. The Morgan fingerprint density at radius 2 is 1.80 bits per heavy atom. The molecule has 0 aliphatic carbocycles. The maximum absolute atomic E-state index is 9.41. The first-order chi connectivity index (χ1) is 4.72. The predicted octanol–water partition coefficient (Wildman–Crippen LogP) is 1.59. The highest BCUT2D eigenvalue weighted by molar-refractivity contribution is 4.96. The van der Waals surface area contributed by atoms with Gasteiger partial charge < -0.3 is 9.67 Å². The minimum absolute atomic E-state index is 0.463. The Morgan fingerprint density at radius 1 is 1.30 bits per heavy atom. The highest BCUT2D eigenvalue weighted by Gasteiger charge is 2.08. The first kappa shape index (κ1) is 7.35. The van der Waals surface area contributed by atoms with Crippen LogP contribution in [0, 0.1) is 5.92 Å². The molecule has 0 saturated heterocycles. The molecule has 0 amide bonds. The second kappa shape index (κ2) is 2.88. The lowest BCUT2D eigenvalue weighted by atomic mass is 10.2. The van der Waals surface area contributed by atoms with Crippen molar-refractivity contribution in [2.75, 3.05) is 0 Å². The van der Waals surface area contributed by atoms with Gasteiger partial charge in [0.05, 0.1) is 0 Å². The molecule has 0 bridgehead atoms. The molecule has 1 aromatic heterocycles. The molecule has 55 valence electrons. The van der Waals surface area contributed by atoms with E-state index in [1.165, 1.54) is 0 Å². The molecular weight excluding hydrogens is 126 g/mol. The number of hydrogen-bond acceptors (Lipinski definition) is 1. The summed E-state index contributed by atoms with van der Waals surface area (Å²) in [6, 6.07) is 3.79. The predicted molar refractivity (Wildman–Crippen MR) is 40.3 cm³/mol. The molecule has 0 saturated carbocycles. The number of rotatable bonds is 2. The Bertz CT molecular complexity index is 179. The van der Waals surface area contributed by atoms with E-state index in [2.05, 4.69) is 0 Å². The summed E-state index contributed by atoms with van der Waals surface area (Å²) in [6.45, 7) is 3.81. The van der Waals surface area contributed by atoms with Crippen molar-refractivity contribution >= 4 is 0 Å². The first-order valence-electron chi connectivity index (χ1n) is 3.32. The van der Waals surface area contributed by atoms with Gasteiger partial charge in [0.1, 0.15) is 6.23 Å². The fourth-order valence-corrected chi connectivity index (χ4v) is 0.809. The largest absolute Gasteiger partial charge is 0.373 e. The van der Waals surface area contributed by atoms with Gasteiger partial charge in [0.2, 0.25) is 0 Å². The monoisotopic (exact) mass is 138 g/mol. The van der Waals surface area contributed by atoms with Crippen molar-refractivity contribution in [3.8, 4) is 0 Å². The highest BCUT2D eigenvalue weighted by atomic mass is 16.3. The maximum Gasteiger partial charge on any atom is 0.136 e. The van der Waals surface area contributed by atoms with E-state index in [9.17, 15) is 5.11 Å². The van der Waals surface area contributed by atoms with Crippen LogP contribution in [0.3, 0.4) is 0 Å². The van der Waals surface area contributed by atoms with Crippen LogP contribution in [-0.2, 0) is 0 Å². The van der Waals surface area contributed by atoms with Crippen LogP contribution in [0.5, 0.6) is 0 Å². The quantitative estimate of drug-likeness (QED) is 0.659. The molecule has 0 aliphatic rings. The normalized spacial score (nSPS) is 14.0. The zero-order valence-electron chi connectivity index (χ0n) is 6.28. The summed E-state index contributed by atoms with van der Waals surface area (Å²) >= 11 is 0. The van der Waals surface area contributed by atoms with Crippen molar-refractivity contribution < 1.29 is 5.11 Å². The molecule has 1 rings (SSSR count). The highest BCUT2D eigenvalue weighted by Crippen LogP contribution is 2.14. The average Bonchev–Trinajstić information content (AvgIpc) is 2.36. The van der Waals surface area contributed by atoms with Gasteiger partial charge in [-0.3, -0.25) is 0 Å². The molecule has 1 radical (unpaired) electrons. The lowest BCUT2D eigenvalue weighted by molar-refractivity contribution is 0.120. The first-order valence-corrected chi connectivity index (χ1v) is 3.32. The summed E-state index contributed by atoms with van der Waals surface area (Å²) in [6.07, 6.45) is 3.23. The number of aliphatic hydroxyl groups is 1. The van der Waals surface area contributed by atoms with Gasteiger partial charge in [-0.2, -0.15) is 0 Å². The Labute approximate surface area is 61.1 Å². The van der Waals surface area contributed by atoms with Gasteiger partial charge in [0.25, 0.3) is 0 Å². The molecule has 1 N–H and O–H groups in total. The van der Waals surface area contributed by atoms with Gasteiger partial charge in [-0.15, -0.1) is 0 Å². The van der Waals surface area contributed by atoms with Crippen LogP contribution < -0.4 is 0 Å². The molecule has 10 heavy (non-hydrogen) atoms. The molecule has 1 unspecified atom stereocenters. The molecule has 1 aromatic rings. The summed E-state index contributed by atoms with van der Waals surface area (Å²) in [7, 11) is 0. The van der Waals surface area contributed by atoms with Crippen LogP contribution in [0.25, 0.3) is 0 Å². The van der Waals surface area contributed by atoms with Crippen LogP contribution >= 0.6 is 0 Å². The fourth-order valence-electron chi connectivity index (χ4n) is 0.809. The molecule has 2 heteroatoms. The van der Waals surface area contributed by atoms with Crippen molar-refractivity contribution in [2.24, 2.45) is 0 Å². The average molecular weight is 138 g/mol.